The average molecular weight is 219 g/mol. The third-order valence-electron chi connectivity index (χ3n) is 2.34. The number of nitrogens with zero attached hydrogens (tertiary/aromatic N) is 1. The molecule has 0 saturated heterocycles. The van der Waals surface area contributed by atoms with Gasteiger partial charge in [0, 0.05) is 18.2 Å². The highest BCUT2D eigenvalue weighted by Crippen LogP contribution is 2.04. The number of nitrogens with two attached hydrogens (primary N) is 1. The van der Waals surface area contributed by atoms with Crippen LogP contribution in [0, 0.1) is 0 Å². The van der Waals surface area contributed by atoms with Gasteiger partial charge in [-0.1, -0.05) is 35.5 Å². The minimum atomic E-state index is 0.124. The topological polar surface area (TPSA) is 70.6 Å². The SMILES string of the molecule is C=CC(C)NCc1ccc(/C(N)=N/O)cc1. The van der Waals surface area contributed by atoms with E-state index in [4.69, 9.17) is 10.9 Å². The first-order valence-corrected chi connectivity index (χ1v) is 5.10. The second kappa shape index (κ2) is 5.92. The molecule has 0 aliphatic carbocycles. The predicted octanol–water partition coefficient (Wildman–Crippen LogP) is 1.45. The van der Waals surface area contributed by atoms with Gasteiger partial charge in [0.15, 0.2) is 5.84 Å². The molecule has 0 fully saturated rings. The van der Waals surface area contributed by atoms with E-state index in [9.17, 15) is 0 Å². The molecule has 0 saturated carbocycles. The summed E-state index contributed by atoms with van der Waals surface area (Å²) in [7, 11) is 0. The highest BCUT2D eigenvalue weighted by atomic mass is 16.4. The standard InChI is InChI=1S/C12H17N3O/c1-3-9(2)14-8-10-4-6-11(7-5-10)12(13)15-16/h3-7,9,14,16H,1,8H2,2H3,(H2,13,15). The summed E-state index contributed by atoms with van der Waals surface area (Å²) >= 11 is 0. The van der Waals surface area contributed by atoms with E-state index < -0.39 is 0 Å². The Kier molecular flexibility index (Phi) is 4.54. The number of amidine groups is 1. The van der Waals surface area contributed by atoms with Crippen molar-refractivity contribution >= 4 is 5.84 Å². The second-order valence-corrected chi connectivity index (χ2v) is 3.59. The van der Waals surface area contributed by atoms with Gasteiger partial charge in [0.05, 0.1) is 0 Å². The van der Waals surface area contributed by atoms with Crippen LogP contribution in [0.15, 0.2) is 42.1 Å². The van der Waals surface area contributed by atoms with Gasteiger partial charge in [-0.15, -0.1) is 6.58 Å². The molecule has 4 heteroatoms. The van der Waals surface area contributed by atoms with Gasteiger partial charge in [0.25, 0.3) is 0 Å². The third-order valence-corrected chi connectivity index (χ3v) is 2.34. The molecular weight excluding hydrogens is 202 g/mol. The summed E-state index contributed by atoms with van der Waals surface area (Å²) in [5, 5.41) is 14.7. The Morgan fingerprint density at radius 2 is 2.19 bits per heavy atom. The maximum Gasteiger partial charge on any atom is 0.170 e. The first kappa shape index (κ1) is 12.3. The van der Waals surface area contributed by atoms with Crippen molar-refractivity contribution in [1.82, 2.24) is 5.32 Å². The molecule has 1 aromatic rings. The quantitative estimate of drug-likeness (QED) is 0.231. The summed E-state index contributed by atoms with van der Waals surface area (Å²) in [5.74, 6) is 0.124. The zero-order valence-corrected chi connectivity index (χ0v) is 9.35. The van der Waals surface area contributed by atoms with Crippen molar-refractivity contribution in [2.45, 2.75) is 19.5 Å². The van der Waals surface area contributed by atoms with Crippen LogP contribution >= 0.6 is 0 Å². The smallest absolute Gasteiger partial charge is 0.170 e. The summed E-state index contributed by atoms with van der Waals surface area (Å²) in [6.07, 6.45) is 1.85. The zero-order valence-electron chi connectivity index (χ0n) is 9.35. The minimum Gasteiger partial charge on any atom is -0.409 e. The summed E-state index contributed by atoms with van der Waals surface area (Å²) < 4.78 is 0. The van der Waals surface area contributed by atoms with Crippen LogP contribution in [0.4, 0.5) is 0 Å². The zero-order chi connectivity index (χ0) is 12.0. The van der Waals surface area contributed by atoms with E-state index in [1.54, 1.807) is 0 Å². The monoisotopic (exact) mass is 219 g/mol. The Balaban J connectivity index is 2.61. The van der Waals surface area contributed by atoms with Gasteiger partial charge < -0.3 is 16.3 Å². The third kappa shape index (κ3) is 3.40. The number of oxime groups is 1. The molecular formula is C12H17N3O. The molecule has 1 atom stereocenters. The van der Waals surface area contributed by atoms with E-state index in [0.29, 0.717) is 5.56 Å². The van der Waals surface area contributed by atoms with Crippen molar-refractivity contribution in [3.63, 3.8) is 0 Å². The molecule has 0 bridgehead atoms. The molecule has 1 rings (SSSR count). The van der Waals surface area contributed by atoms with Gasteiger partial charge in [-0.2, -0.15) is 0 Å². The molecule has 0 aliphatic heterocycles. The molecule has 4 nitrogen and oxygen atoms in total. The fourth-order valence-electron chi connectivity index (χ4n) is 1.21. The lowest BCUT2D eigenvalue weighted by atomic mass is 10.1. The lowest BCUT2D eigenvalue weighted by molar-refractivity contribution is 0.318. The summed E-state index contributed by atoms with van der Waals surface area (Å²) in [6, 6.07) is 7.81. The predicted molar refractivity (Wildman–Crippen MR) is 65.5 cm³/mol. The first-order chi connectivity index (χ1) is 7.67. The lowest BCUT2D eigenvalue weighted by Gasteiger charge is -2.09. The highest BCUT2D eigenvalue weighted by Gasteiger charge is 2.00. The molecule has 0 spiro atoms. The Bertz CT molecular complexity index is 370. The molecule has 4 N–H and O–H groups in total. The number of rotatable bonds is 5. The maximum absolute atomic E-state index is 8.51. The highest BCUT2D eigenvalue weighted by molar-refractivity contribution is 5.96. The molecule has 1 unspecified atom stereocenters. The van der Waals surface area contributed by atoms with Crippen LogP contribution in [-0.4, -0.2) is 17.1 Å². The first-order valence-electron chi connectivity index (χ1n) is 5.10. The normalized spacial score (nSPS) is 13.4. The Labute approximate surface area is 95.5 Å². The minimum absolute atomic E-state index is 0.124. The van der Waals surface area contributed by atoms with Crippen LogP contribution in [0.25, 0.3) is 0 Å². The molecule has 86 valence electrons. The largest absolute Gasteiger partial charge is 0.409 e. The van der Waals surface area contributed by atoms with Gasteiger partial charge >= 0.3 is 0 Å². The van der Waals surface area contributed by atoms with Crippen LogP contribution in [0.1, 0.15) is 18.1 Å². The number of nitrogens with one attached hydrogen (secondary N) is 1. The second-order valence-electron chi connectivity index (χ2n) is 3.59. The van der Waals surface area contributed by atoms with Crippen molar-refractivity contribution in [3.8, 4) is 0 Å². The molecule has 0 aromatic heterocycles. The molecule has 0 amide bonds. The molecule has 1 aromatic carbocycles. The van der Waals surface area contributed by atoms with Gasteiger partial charge in [-0.25, -0.2) is 0 Å². The summed E-state index contributed by atoms with van der Waals surface area (Å²) in [6.45, 7) is 6.51. The Hall–Kier alpha value is -1.81. The van der Waals surface area contributed by atoms with Gasteiger partial charge in [0.1, 0.15) is 0 Å². The van der Waals surface area contributed by atoms with Crippen LogP contribution in [0.3, 0.4) is 0 Å². The van der Waals surface area contributed by atoms with Gasteiger partial charge in [-0.05, 0) is 12.5 Å². The van der Waals surface area contributed by atoms with Crippen LogP contribution in [0.5, 0.6) is 0 Å². The van der Waals surface area contributed by atoms with Crippen LogP contribution < -0.4 is 11.1 Å². The lowest BCUT2D eigenvalue weighted by Crippen LogP contribution is -2.23. The van der Waals surface area contributed by atoms with Crippen LogP contribution in [-0.2, 0) is 6.54 Å². The molecule has 0 radical (unpaired) electrons. The summed E-state index contributed by atoms with van der Waals surface area (Å²) in [5.41, 5.74) is 7.31. The molecule has 0 heterocycles. The van der Waals surface area contributed by atoms with E-state index in [-0.39, 0.29) is 11.9 Å². The molecule has 0 aliphatic rings. The molecule has 16 heavy (non-hydrogen) atoms. The van der Waals surface area contributed by atoms with Gasteiger partial charge in [-0.3, -0.25) is 0 Å². The van der Waals surface area contributed by atoms with Crippen molar-refractivity contribution in [3.05, 3.63) is 48.0 Å². The average Bonchev–Trinajstić information content (AvgIpc) is 2.35. The van der Waals surface area contributed by atoms with E-state index in [1.807, 2.05) is 37.3 Å². The number of hydrogen-bond donors (Lipinski definition) is 3. The van der Waals surface area contributed by atoms with Crippen molar-refractivity contribution in [1.29, 1.82) is 0 Å². The Morgan fingerprint density at radius 3 is 2.69 bits per heavy atom. The fourth-order valence-corrected chi connectivity index (χ4v) is 1.21. The Morgan fingerprint density at radius 1 is 1.56 bits per heavy atom. The van der Waals surface area contributed by atoms with E-state index in [0.717, 1.165) is 12.1 Å². The van der Waals surface area contributed by atoms with E-state index in [1.165, 1.54) is 0 Å². The fraction of sp³-hybridized carbons (Fsp3) is 0.250. The number of hydrogen-bond acceptors (Lipinski definition) is 3. The van der Waals surface area contributed by atoms with Gasteiger partial charge in [0.2, 0.25) is 0 Å². The van der Waals surface area contributed by atoms with Crippen LogP contribution in [0.2, 0.25) is 0 Å². The van der Waals surface area contributed by atoms with Crippen molar-refractivity contribution in [2.24, 2.45) is 10.9 Å². The van der Waals surface area contributed by atoms with Crippen molar-refractivity contribution < 1.29 is 5.21 Å². The van der Waals surface area contributed by atoms with E-state index in [2.05, 4.69) is 17.1 Å². The summed E-state index contributed by atoms with van der Waals surface area (Å²) in [4.78, 5) is 0. The van der Waals surface area contributed by atoms with Crippen molar-refractivity contribution in [2.75, 3.05) is 0 Å². The van der Waals surface area contributed by atoms with E-state index >= 15 is 0 Å². The number of benzene rings is 1. The maximum atomic E-state index is 8.51.